The van der Waals surface area contributed by atoms with Crippen LogP contribution in [0, 0.1) is 12.7 Å². The molecule has 0 atom stereocenters. The Morgan fingerprint density at radius 2 is 1.85 bits per heavy atom. The normalized spacial score (nSPS) is 10.5. The van der Waals surface area contributed by atoms with Crippen LogP contribution in [0.3, 0.4) is 0 Å². The van der Waals surface area contributed by atoms with Gasteiger partial charge in [-0.2, -0.15) is 5.10 Å². The molecule has 33 heavy (non-hydrogen) atoms. The highest BCUT2D eigenvalue weighted by atomic mass is 32.1. The number of aromatic nitrogens is 2. The maximum Gasteiger partial charge on any atom is 0.348 e. The van der Waals surface area contributed by atoms with E-state index < -0.39 is 11.9 Å². The smallest absolute Gasteiger partial charge is 0.348 e. The summed E-state index contributed by atoms with van der Waals surface area (Å²) in [5.74, 6) is -1.40. The first-order chi connectivity index (χ1) is 15.8. The fourth-order valence-corrected chi connectivity index (χ4v) is 4.40. The van der Waals surface area contributed by atoms with Gasteiger partial charge < -0.3 is 20.1 Å². The number of ether oxygens (including phenoxy) is 2. The molecule has 0 aliphatic heterocycles. The van der Waals surface area contributed by atoms with Gasteiger partial charge in [0.1, 0.15) is 15.7 Å². The number of nitrogens with one attached hydrogen (secondary N) is 2. The summed E-state index contributed by atoms with van der Waals surface area (Å²) in [7, 11) is 0. The average Bonchev–Trinajstić information content (AvgIpc) is 3.33. The first kappa shape index (κ1) is 24.3. The molecule has 0 aliphatic carbocycles. The van der Waals surface area contributed by atoms with E-state index in [9.17, 15) is 14.0 Å². The molecule has 8 nitrogen and oxygen atoms in total. The SMILES string of the molecule is CCOC(=O)c1sc(NC(=S)Nc2cnn(Cc3ccccc3F)c2)c(C(=O)OCC)c1C. The Bertz CT molecular complexity index is 1180. The van der Waals surface area contributed by atoms with E-state index >= 15 is 0 Å². The van der Waals surface area contributed by atoms with Crippen molar-refractivity contribution in [3.05, 3.63) is 64.0 Å². The molecule has 0 unspecified atom stereocenters. The standard InChI is InChI=1S/C22H23FN4O4S2/c1-4-30-20(28)17-13(3)18(21(29)31-5-2)33-19(17)26-22(32)25-15-10-24-27(12-15)11-14-8-6-7-9-16(14)23/h6-10,12H,4-5,11H2,1-3H3,(H2,25,26,32). The summed E-state index contributed by atoms with van der Waals surface area (Å²) in [5.41, 5.74) is 1.76. The van der Waals surface area contributed by atoms with Crippen LogP contribution in [0.2, 0.25) is 0 Å². The largest absolute Gasteiger partial charge is 0.462 e. The van der Waals surface area contributed by atoms with Gasteiger partial charge in [-0.15, -0.1) is 11.3 Å². The summed E-state index contributed by atoms with van der Waals surface area (Å²) in [5, 5.41) is 10.7. The maximum atomic E-state index is 13.9. The Balaban J connectivity index is 1.75. The molecule has 0 aliphatic rings. The van der Waals surface area contributed by atoms with Crippen LogP contribution >= 0.6 is 23.6 Å². The number of benzene rings is 1. The van der Waals surface area contributed by atoms with Crippen LogP contribution in [0.15, 0.2) is 36.7 Å². The Morgan fingerprint density at radius 1 is 1.15 bits per heavy atom. The van der Waals surface area contributed by atoms with Crippen LogP contribution in [0.25, 0.3) is 0 Å². The van der Waals surface area contributed by atoms with Gasteiger partial charge in [0.05, 0.1) is 37.2 Å². The van der Waals surface area contributed by atoms with E-state index in [1.54, 1.807) is 56.0 Å². The van der Waals surface area contributed by atoms with E-state index in [0.29, 0.717) is 26.7 Å². The number of halogens is 1. The summed E-state index contributed by atoms with van der Waals surface area (Å²) >= 11 is 6.44. The van der Waals surface area contributed by atoms with Gasteiger partial charge in [-0.1, -0.05) is 18.2 Å². The highest BCUT2D eigenvalue weighted by Gasteiger charge is 2.26. The van der Waals surface area contributed by atoms with Crippen molar-refractivity contribution in [3.8, 4) is 0 Å². The summed E-state index contributed by atoms with van der Waals surface area (Å²) in [6, 6.07) is 6.47. The molecule has 0 radical (unpaired) electrons. The number of hydrogen-bond acceptors (Lipinski definition) is 7. The second-order valence-electron chi connectivity index (χ2n) is 6.80. The lowest BCUT2D eigenvalue weighted by atomic mass is 10.1. The Labute approximate surface area is 199 Å². The quantitative estimate of drug-likeness (QED) is 0.349. The average molecular weight is 491 g/mol. The minimum absolute atomic E-state index is 0.183. The minimum Gasteiger partial charge on any atom is -0.462 e. The number of carbonyl (C=O) groups excluding carboxylic acids is 2. The highest BCUT2D eigenvalue weighted by molar-refractivity contribution is 7.80. The third kappa shape index (κ3) is 5.93. The van der Waals surface area contributed by atoms with Gasteiger partial charge in [0, 0.05) is 11.8 Å². The molecule has 2 heterocycles. The molecule has 3 aromatic rings. The van der Waals surface area contributed by atoms with Crippen LogP contribution in [-0.4, -0.2) is 40.0 Å². The van der Waals surface area contributed by atoms with Crippen LogP contribution in [0.1, 0.15) is 45.0 Å². The van der Waals surface area contributed by atoms with Crippen LogP contribution < -0.4 is 10.6 Å². The fraction of sp³-hybridized carbons (Fsp3) is 0.273. The van der Waals surface area contributed by atoms with Gasteiger partial charge in [-0.05, 0) is 44.6 Å². The lowest BCUT2D eigenvalue weighted by Gasteiger charge is -2.09. The molecule has 0 bridgehead atoms. The van der Waals surface area contributed by atoms with Crippen LogP contribution in [0.4, 0.5) is 15.1 Å². The zero-order chi connectivity index (χ0) is 24.0. The maximum absolute atomic E-state index is 13.9. The molecule has 0 spiro atoms. The summed E-state index contributed by atoms with van der Waals surface area (Å²) in [6.07, 6.45) is 3.22. The molecule has 2 N–H and O–H groups in total. The topological polar surface area (TPSA) is 94.5 Å². The number of nitrogens with zero attached hydrogens (tertiary/aromatic N) is 2. The summed E-state index contributed by atoms with van der Waals surface area (Å²) in [6.45, 7) is 5.72. The Morgan fingerprint density at radius 3 is 2.55 bits per heavy atom. The molecule has 174 valence electrons. The number of carbonyl (C=O) groups is 2. The number of thiocarbonyl (C=S) groups is 1. The molecule has 0 saturated heterocycles. The van der Waals surface area contributed by atoms with Gasteiger partial charge in [0.2, 0.25) is 0 Å². The third-order valence-electron chi connectivity index (χ3n) is 4.50. The van der Waals surface area contributed by atoms with Gasteiger partial charge in [-0.25, -0.2) is 14.0 Å². The molecule has 1 aromatic carbocycles. The van der Waals surface area contributed by atoms with Crippen molar-refractivity contribution in [3.63, 3.8) is 0 Å². The van der Waals surface area contributed by atoms with Crippen molar-refractivity contribution in [1.29, 1.82) is 0 Å². The molecular weight excluding hydrogens is 467 g/mol. The highest BCUT2D eigenvalue weighted by Crippen LogP contribution is 2.34. The van der Waals surface area contributed by atoms with Crippen molar-refractivity contribution in [2.24, 2.45) is 0 Å². The van der Waals surface area contributed by atoms with Crippen molar-refractivity contribution in [2.75, 3.05) is 23.8 Å². The van der Waals surface area contributed by atoms with Crippen molar-refractivity contribution >= 4 is 51.3 Å². The number of rotatable bonds is 8. The monoisotopic (exact) mass is 490 g/mol. The Kier molecular flexibility index (Phi) is 8.12. The van der Waals surface area contributed by atoms with E-state index in [1.165, 1.54) is 6.07 Å². The predicted octanol–water partition coefficient (Wildman–Crippen LogP) is 4.60. The zero-order valence-corrected chi connectivity index (χ0v) is 19.9. The number of esters is 2. The van der Waals surface area contributed by atoms with Crippen LogP contribution in [-0.2, 0) is 16.0 Å². The molecule has 3 rings (SSSR count). The van der Waals surface area contributed by atoms with E-state index in [1.807, 2.05) is 0 Å². The lowest BCUT2D eigenvalue weighted by molar-refractivity contribution is 0.0527. The van der Waals surface area contributed by atoms with E-state index in [0.717, 1.165) is 11.3 Å². The number of hydrogen-bond donors (Lipinski definition) is 2. The summed E-state index contributed by atoms with van der Waals surface area (Å²) in [4.78, 5) is 25.1. The van der Waals surface area contributed by atoms with E-state index in [-0.39, 0.29) is 36.3 Å². The predicted molar refractivity (Wildman–Crippen MR) is 129 cm³/mol. The first-order valence-electron chi connectivity index (χ1n) is 10.2. The number of thiophene rings is 1. The van der Waals surface area contributed by atoms with E-state index in [4.69, 9.17) is 21.7 Å². The van der Waals surface area contributed by atoms with Crippen molar-refractivity contribution in [2.45, 2.75) is 27.3 Å². The molecule has 2 aromatic heterocycles. The van der Waals surface area contributed by atoms with Crippen molar-refractivity contribution in [1.82, 2.24) is 9.78 Å². The second kappa shape index (κ2) is 11.0. The molecule has 0 amide bonds. The van der Waals surface area contributed by atoms with Gasteiger partial charge in [0.15, 0.2) is 5.11 Å². The molecule has 0 fully saturated rings. The number of anilines is 2. The second-order valence-corrected chi connectivity index (χ2v) is 8.23. The first-order valence-corrected chi connectivity index (χ1v) is 11.4. The third-order valence-corrected chi connectivity index (χ3v) is 5.89. The summed E-state index contributed by atoms with van der Waals surface area (Å²) < 4.78 is 25.7. The minimum atomic E-state index is -0.565. The zero-order valence-electron chi connectivity index (χ0n) is 18.3. The van der Waals surface area contributed by atoms with Gasteiger partial charge in [0.25, 0.3) is 0 Å². The van der Waals surface area contributed by atoms with Gasteiger partial charge >= 0.3 is 11.9 Å². The van der Waals surface area contributed by atoms with Crippen LogP contribution in [0.5, 0.6) is 0 Å². The van der Waals surface area contributed by atoms with Crippen molar-refractivity contribution < 1.29 is 23.5 Å². The van der Waals surface area contributed by atoms with E-state index in [2.05, 4.69) is 15.7 Å². The Hall–Kier alpha value is -3.31. The molecule has 11 heteroatoms. The molecule has 0 saturated carbocycles. The van der Waals surface area contributed by atoms with Gasteiger partial charge in [-0.3, -0.25) is 4.68 Å². The molecular formula is C22H23FN4O4S2. The lowest BCUT2D eigenvalue weighted by Crippen LogP contribution is -2.20. The fourth-order valence-electron chi connectivity index (χ4n) is 3.02.